The summed E-state index contributed by atoms with van der Waals surface area (Å²) in [6, 6.07) is 8.68. The van der Waals surface area contributed by atoms with Crippen LogP contribution in [-0.2, 0) is 82.9 Å². The molecule has 2 aromatic rings. The van der Waals surface area contributed by atoms with Crippen LogP contribution < -0.4 is 31.5 Å². The van der Waals surface area contributed by atoms with Crippen LogP contribution in [0.15, 0.2) is 48.5 Å². The number of hydroxylamine groups is 1. The minimum absolute atomic E-state index is 0.0161. The van der Waals surface area contributed by atoms with Crippen molar-refractivity contribution in [1.82, 2.24) is 36.1 Å². The van der Waals surface area contributed by atoms with Gasteiger partial charge in [0.2, 0.25) is 41.7 Å². The molecule has 576 valence electrons. The molecule has 2 aliphatic heterocycles. The summed E-state index contributed by atoms with van der Waals surface area (Å²) in [6.45, 7) is 20.7. The fourth-order valence-corrected chi connectivity index (χ4v) is 11.9. The Balaban J connectivity index is 1.40. The highest BCUT2D eigenvalue weighted by atomic mass is 16.7. The number of anilines is 1. The lowest BCUT2D eigenvalue weighted by molar-refractivity contribution is -0.271. The first-order chi connectivity index (χ1) is 48.2. The van der Waals surface area contributed by atoms with Gasteiger partial charge in [-0.3, -0.25) is 38.5 Å². The first kappa shape index (κ1) is 87.0. The molecule has 32 nitrogen and oxygen atoms in total. The third kappa shape index (κ3) is 27.0. The van der Waals surface area contributed by atoms with E-state index >= 15 is 0 Å². The van der Waals surface area contributed by atoms with Crippen LogP contribution in [0.5, 0.6) is 5.75 Å². The number of carboxylic acids is 1. The maximum Gasteiger partial charge on any atom is 0.431 e. The molecule has 2 aliphatic rings. The number of hydrogen-bond acceptors (Lipinski definition) is 23. The summed E-state index contributed by atoms with van der Waals surface area (Å²) in [4.78, 5) is 131. The maximum absolute atomic E-state index is 14.9. The number of carbonyl (C=O) groups is 9. The quantitative estimate of drug-likeness (QED) is 0.0337. The molecule has 10 N–H and O–H groups in total. The van der Waals surface area contributed by atoms with Gasteiger partial charge in [0.05, 0.1) is 95.0 Å². The molecule has 102 heavy (non-hydrogen) atoms. The molecular formula is C70H112N8O24. The average Bonchev–Trinajstić information content (AvgIpc) is 0.876. The third-order valence-corrected chi connectivity index (χ3v) is 17.6. The SMILES string of the molecule is CC[C@H](C)[C@@H]([C@@H](CC(=O)N1CCC[C@H]1[C@H](OC)[C@@H](C)C(=O)N[C@H](C)[C@@H](O)c1ccccc1)OC)N(C)C(=O)[C@@H](NC(=O)[C@H](C(C)C)N(C)C(=O)OCc1cc(NC(=O)CCC(=O)NCCOCCOCCOCCONC(=O)OC(C)(C)C)ccc1OC1OC(C(=O)O)C(O)C(O)C1O)C(C)C. The van der Waals surface area contributed by atoms with Gasteiger partial charge in [0, 0.05) is 65.5 Å². The van der Waals surface area contributed by atoms with Gasteiger partial charge in [0.25, 0.3) is 0 Å². The van der Waals surface area contributed by atoms with E-state index in [9.17, 15) is 68.7 Å². The molecule has 8 amide bonds. The average molecular weight is 1450 g/mol. The molecule has 2 fully saturated rings. The second kappa shape index (κ2) is 43.0. The van der Waals surface area contributed by atoms with E-state index in [-0.39, 0.29) is 107 Å². The Morgan fingerprint density at radius 2 is 1.37 bits per heavy atom. The van der Waals surface area contributed by atoms with Crippen molar-refractivity contribution < 1.29 is 116 Å². The number of aliphatic hydroxyl groups excluding tert-OH is 4. The maximum atomic E-state index is 14.9. The van der Waals surface area contributed by atoms with Crippen molar-refractivity contribution in [3.05, 3.63) is 59.7 Å². The molecule has 0 radical (unpaired) electrons. The molecule has 4 rings (SSSR count). The van der Waals surface area contributed by atoms with Crippen LogP contribution in [0.25, 0.3) is 0 Å². The highest BCUT2D eigenvalue weighted by molar-refractivity contribution is 5.94. The molecule has 2 aromatic carbocycles. The molecule has 5 unspecified atom stereocenters. The second-order valence-electron chi connectivity index (χ2n) is 27.2. The summed E-state index contributed by atoms with van der Waals surface area (Å²) in [6.07, 6.45) is -13.2. The van der Waals surface area contributed by atoms with E-state index in [0.717, 1.165) is 4.90 Å². The zero-order valence-corrected chi connectivity index (χ0v) is 61.6. The summed E-state index contributed by atoms with van der Waals surface area (Å²) < 4.78 is 50.4. The van der Waals surface area contributed by atoms with Gasteiger partial charge >= 0.3 is 18.2 Å². The number of carboxylic acid groups (broad SMARTS) is 1. The third-order valence-electron chi connectivity index (χ3n) is 17.6. The first-order valence-corrected chi connectivity index (χ1v) is 34.7. The smallest absolute Gasteiger partial charge is 0.431 e. The summed E-state index contributed by atoms with van der Waals surface area (Å²) in [7, 11) is 5.86. The lowest BCUT2D eigenvalue weighted by Gasteiger charge is -2.41. The van der Waals surface area contributed by atoms with Gasteiger partial charge in [-0.25, -0.2) is 14.4 Å². The summed E-state index contributed by atoms with van der Waals surface area (Å²) in [5.74, 6) is -6.85. The van der Waals surface area contributed by atoms with E-state index < -0.39 is 151 Å². The van der Waals surface area contributed by atoms with Crippen LogP contribution in [0.3, 0.4) is 0 Å². The van der Waals surface area contributed by atoms with Crippen molar-refractivity contribution in [3.8, 4) is 5.75 Å². The van der Waals surface area contributed by atoms with Crippen LogP contribution in [0.4, 0.5) is 15.3 Å². The van der Waals surface area contributed by atoms with Crippen LogP contribution in [0, 0.1) is 23.7 Å². The number of carbonyl (C=O) groups excluding carboxylic acids is 8. The van der Waals surface area contributed by atoms with Crippen molar-refractivity contribution in [2.24, 2.45) is 23.7 Å². The Bertz CT molecular complexity index is 2980. The minimum Gasteiger partial charge on any atom is -0.479 e. The number of benzene rings is 2. The van der Waals surface area contributed by atoms with Gasteiger partial charge in [0.1, 0.15) is 48.4 Å². The lowest BCUT2D eigenvalue weighted by atomic mass is 9.89. The zero-order valence-electron chi connectivity index (χ0n) is 61.6. The predicted octanol–water partition coefficient (Wildman–Crippen LogP) is 3.19. The van der Waals surface area contributed by atoms with Crippen LogP contribution >= 0.6 is 0 Å². The number of methoxy groups -OCH3 is 2. The molecular weight excluding hydrogens is 1340 g/mol. The number of nitrogens with one attached hydrogen (secondary N) is 5. The van der Waals surface area contributed by atoms with Crippen molar-refractivity contribution in [2.75, 3.05) is 93.0 Å². The van der Waals surface area contributed by atoms with Crippen LogP contribution in [0.1, 0.15) is 132 Å². The predicted molar refractivity (Wildman–Crippen MR) is 369 cm³/mol. The van der Waals surface area contributed by atoms with Crippen LogP contribution in [-0.4, -0.2) is 260 Å². The number of aliphatic hydroxyl groups is 4. The van der Waals surface area contributed by atoms with Crippen molar-refractivity contribution in [3.63, 3.8) is 0 Å². The molecule has 15 atom stereocenters. The first-order valence-electron chi connectivity index (χ1n) is 34.7. The molecule has 2 heterocycles. The number of hydrogen-bond donors (Lipinski definition) is 10. The molecule has 0 bridgehead atoms. The van der Waals surface area contributed by atoms with E-state index in [1.807, 2.05) is 19.9 Å². The number of likely N-dealkylation sites (N-methyl/N-ethyl adjacent to an activating group) is 2. The second-order valence-corrected chi connectivity index (χ2v) is 27.2. The van der Waals surface area contributed by atoms with E-state index in [1.165, 1.54) is 44.4 Å². The molecule has 2 saturated heterocycles. The largest absolute Gasteiger partial charge is 0.479 e. The molecule has 0 aromatic heterocycles. The monoisotopic (exact) mass is 1450 g/mol. The standard InChI is InChI=1S/C70H112N8O24/c1-16-42(6)56(50(93-14)38-53(81)78-29-20-23-48(78)61(94-15)43(7)63(86)72-44(8)57(82)45-21-18-17-19-22-45)76(12)65(88)54(40(2)3)74-64(87)55(41(4)5)77(13)69(92)98-39-46-37-47(24-25-49(46)100-67-60(85)58(83)59(84)62(101-67)66(89)90)73-52(80)27-26-51(79)71-28-30-95-31-32-96-33-34-97-35-36-99-75-68(91)102-70(9,10)11/h17-19,21-22,24-25,37,40-44,48,50,54-62,67,82-85H,16,20,23,26-36,38-39H2,1-15H3,(H,71,79)(H,72,86)(H,73,80)(H,74,87)(H,75,91)(H,89,90)/t42-,43+,44+,48-,50+,54-,55-,56-,57+,58?,59?,60?,61+,62?,67?/m0/s1. The number of amides is 8. The summed E-state index contributed by atoms with van der Waals surface area (Å²) in [5, 5.41) is 63.6. The Labute approximate surface area is 597 Å². The normalized spacial score (nSPS) is 20.3. The van der Waals surface area contributed by atoms with E-state index in [1.54, 1.807) is 98.5 Å². The van der Waals surface area contributed by atoms with Crippen molar-refractivity contribution >= 4 is 59.3 Å². The number of rotatable bonds is 42. The summed E-state index contributed by atoms with van der Waals surface area (Å²) >= 11 is 0. The van der Waals surface area contributed by atoms with Gasteiger partial charge < -0.3 is 99.2 Å². The van der Waals surface area contributed by atoms with E-state index in [2.05, 4.69) is 26.7 Å². The topological polar surface area (TPSA) is 417 Å². The molecule has 0 saturated carbocycles. The van der Waals surface area contributed by atoms with Gasteiger partial charge in [-0.15, -0.1) is 0 Å². The fraction of sp³-hybridized carbons (Fsp3) is 0.700. The summed E-state index contributed by atoms with van der Waals surface area (Å²) in [5.41, 5.74) is 2.23. The fourth-order valence-electron chi connectivity index (χ4n) is 11.9. The Kier molecular flexibility index (Phi) is 36.7. The highest BCUT2D eigenvalue weighted by Gasteiger charge is 2.49. The van der Waals surface area contributed by atoms with Gasteiger partial charge in [0.15, 0.2) is 6.10 Å². The number of nitrogens with zero attached hydrogens (tertiary/aromatic N) is 3. The minimum atomic E-state index is -2.04. The number of aliphatic carboxylic acids is 1. The zero-order chi connectivity index (χ0) is 76.1. The van der Waals surface area contributed by atoms with Crippen LogP contribution in [0.2, 0.25) is 0 Å². The molecule has 0 spiro atoms. The molecule has 32 heteroatoms. The van der Waals surface area contributed by atoms with Gasteiger partial charge in [-0.05, 0) is 82.1 Å². The van der Waals surface area contributed by atoms with Gasteiger partial charge in [-0.2, -0.15) is 5.48 Å². The van der Waals surface area contributed by atoms with E-state index in [4.69, 9.17) is 47.5 Å². The highest BCUT2D eigenvalue weighted by Crippen LogP contribution is 2.33. The lowest BCUT2D eigenvalue weighted by Crippen LogP contribution is -2.61. The molecule has 0 aliphatic carbocycles. The Morgan fingerprint density at radius 1 is 0.745 bits per heavy atom. The van der Waals surface area contributed by atoms with Crippen molar-refractivity contribution in [2.45, 2.75) is 206 Å². The van der Waals surface area contributed by atoms with Crippen molar-refractivity contribution in [1.29, 1.82) is 0 Å². The number of ether oxygens (including phenoxy) is 9. The Morgan fingerprint density at radius 3 is 1.96 bits per heavy atom. The Hall–Kier alpha value is -7.37. The number of likely N-dealkylation sites (tertiary alicyclic amines) is 1. The van der Waals surface area contributed by atoms with E-state index in [0.29, 0.717) is 31.4 Å². The van der Waals surface area contributed by atoms with Gasteiger partial charge in [-0.1, -0.05) is 85.2 Å².